The molecule has 1 aliphatic heterocycles. The Morgan fingerprint density at radius 2 is 2.05 bits per heavy atom. The van der Waals surface area contributed by atoms with E-state index in [1.807, 2.05) is 4.90 Å². The molecule has 2 aliphatic rings. The summed E-state index contributed by atoms with van der Waals surface area (Å²) < 4.78 is 0. The molecule has 0 aromatic carbocycles. The number of amides is 1. The molecule has 1 saturated carbocycles. The van der Waals surface area contributed by atoms with Gasteiger partial charge in [0.25, 0.3) is 5.91 Å². The summed E-state index contributed by atoms with van der Waals surface area (Å²) in [6.07, 6.45) is 3.44. The number of carbonyl (C=O) groups is 1. The van der Waals surface area contributed by atoms with Crippen LogP contribution in [0.2, 0.25) is 0 Å². The molecule has 3 rings (SSSR count). The summed E-state index contributed by atoms with van der Waals surface area (Å²) in [6.45, 7) is 7.82. The SMILES string of the molecule is CCC(C)N1CCN(C(=O)c2n[nH]c(C3CC3)c2N)CC1. The zero-order chi connectivity index (χ0) is 15.0. The first kappa shape index (κ1) is 14.4. The topological polar surface area (TPSA) is 78.2 Å². The number of nitrogen functional groups attached to an aromatic ring is 1. The van der Waals surface area contributed by atoms with E-state index in [0.717, 1.165) is 51.1 Å². The van der Waals surface area contributed by atoms with Gasteiger partial charge in [-0.25, -0.2) is 0 Å². The molecule has 1 aromatic heterocycles. The predicted octanol–water partition coefficient (Wildman–Crippen LogP) is 1.43. The number of nitrogens with two attached hydrogens (primary N) is 1. The zero-order valence-electron chi connectivity index (χ0n) is 12.9. The van der Waals surface area contributed by atoms with Gasteiger partial charge in [0.15, 0.2) is 5.69 Å². The first-order valence-electron chi connectivity index (χ1n) is 7.98. The van der Waals surface area contributed by atoms with Crippen LogP contribution < -0.4 is 5.73 Å². The van der Waals surface area contributed by atoms with Gasteiger partial charge < -0.3 is 10.6 Å². The average molecular weight is 291 g/mol. The van der Waals surface area contributed by atoms with Crippen molar-refractivity contribution in [3.8, 4) is 0 Å². The van der Waals surface area contributed by atoms with Crippen molar-refractivity contribution >= 4 is 11.6 Å². The number of hydrogen-bond acceptors (Lipinski definition) is 4. The summed E-state index contributed by atoms with van der Waals surface area (Å²) in [4.78, 5) is 16.9. The smallest absolute Gasteiger partial charge is 0.276 e. The number of rotatable bonds is 4. The van der Waals surface area contributed by atoms with E-state index in [1.54, 1.807) is 0 Å². The van der Waals surface area contributed by atoms with Crippen LogP contribution >= 0.6 is 0 Å². The Hall–Kier alpha value is -1.56. The third-order valence-electron chi connectivity index (χ3n) is 4.84. The monoisotopic (exact) mass is 291 g/mol. The van der Waals surface area contributed by atoms with Crippen LogP contribution in [0.3, 0.4) is 0 Å². The lowest BCUT2D eigenvalue weighted by Crippen LogP contribution is -2.51. The minimum absolute atomic E-state index is 0.0283. The van der Waals surface area contributed by atoms with Crippen LogP contribution in [0.15, 0.2) is 0 Å². The molecule has 21 heavy (non-hydrogen) atoms. The van der Waals surface area contributed by atoms with E-state index < -0.39 is 0 Å². The third-order valence-corrected chi connectivity index (χ3v) is 4.84. The van der Waals surface area contributed by atoms with Gasteiger partial charge in [-0.3, -0.25) is 14.8 Å². The van der Waals surface area contributed by atoms with E-state index in [0.29, 0.717) is 23.3 Å². The molecular weight excluding hydrogens is 266 g/mol. The molecule has 3 N–H and O–H groups in total. The standard InChI is InChI=1S/C15H25N5O/c1-3-10(2)19-6-8-20(9-7-19)15(21)14-12(16)13(17-18-14)11-4-5-11/h10-11H,3-9,16H2,1-2H3,(H,17,18). The van der Waals surface area contributed by atoms with Gasteiger partial charge >= 0.3 is 0 Å². The fraction of sp³-hybridized carbons (Fsp3) is 0.733. The van der Waals surface area contributed by atoms with Crippen LogP contribution in [0.4, 0.5) is 5.69 Å². The number of hydrogen-bond donors (Lipinski definition) is 2. The maximum absolute atomic E-state index is 12.6. The minimum atomic E-state index is -0.0283. The molecule has 1 aromatic rings. The Morgan fingerprint density at radius 1 is 1.38 bits per heavy atom. The number of nitrogens with zero attached hydrogens (tertiary/aromatic N) is 3. The Bertz CT molecular complexity index is 514. The quantitative estimate of drug-likeness (QED) is 0.879. The molecule has 2 fully saturated rings. The molecule has 1 aliphatic carbocycles. The van der Waals surface area contributed by atoms with Crippen molar-refractivity contribution in [2.45, 2.75) is 45.1 Å². The van der Waals surface area contributed by atoms with Crippen molar-refractivity contribution in [1.29, 1.82) is 0 Å². The maximum Gasteiger partial charge on any atom is 0.276 e. The molecule has 6 heteroatoms. The maximum atomic E-state index is 12.6. The molecular formula is C15H25N5O. The fourth-order valence-electron chi connectivity index (χ4n) is 2.98. The molecule has 0 bridgehead atoms. The summed E-state index contributed by atoms with van der Waals surface area (Å²) >= 11 is 0. The highest BCUT2D eigenvalue weighted by Gasteiger charge is 2.32. The van der Waals surface area contributed by atoms with Crippen LogP contribution in [0.1, 0.15) is 55.2 Å². The van der Waals surface area contributed by atoms with E-state index in [2.05, 4.69) is 28.9 Å². The second kappa shape index (κ2) is 5.67. The first-order valence-corrected chi connectivity index (χ1v) is 7.98. The van der Waals surface area contributed by atoms with Crippen molar-refractivity contribution in [2.75, 3.05) is 31.9 Å². The number of anilines is 1. The molecule has 1 amide bonds. The van der Waals surface area contributed by atoms with Gasteiger partial charge in [-0.1, -0.05) is 6.92 Å². The average Bonchev–Trinajstić information content (AvgIpc) is 3.29. The van der Waals surface area contributed by atoms with E-state index in [1.165, 1.54) is 0 Å². The van der Waals surface area contributed by atoms with E-state index in [4.69, 9.17) is 5.73 Å². The second-order valence-corrected chi connectivity index (χ2v) is 6.26. The van der Waals surface area contributed by atoms with Gasteiger partial charge in [0.1, 0.15) is 0 Å². The number of piperazine rings is 1. The van der Waals surface area contributed by atoms with Gasteiger partial charge in [-0.05, 0) is 26.2 Å². The Morgan fingerprint density at radius 3 is 2.62 bits per heavy atom. The number of aromatic amines is 1. The zero-order valence-corrected chi connectivity index (χ0v) is 12.9. The highest BCUT2D eigenvalue weighted by molar-refractivity contribution is 5.97. The Balaban J connectivity index is 1.64. The number of aromatic nitrogens is 2. The normalized spacial score (nSPS) is 21.5. The van der Waals surface area contributed by atoms with Crippen LogP contribution in [-0.4, -0.2) is 58.1 Å². The lowest BCUT2D eigenvalue weighted by molar-refractivity contribution is 0.0575. The predicted molar refractivity (Wildman–Crippen MR) is 82.2 cm³/mol. The highest BCUT2D eigenvalue weighted by Crippen LogP contribution is 2.42. The first-order chi connectivity index (χ1) is 10.1. The van der Waals surface area contributed by atoms with Crippen molar-refractivity contribution in [1.82, 2.24) is 20.0 Å². The molecule has 116 valence electrons. The van der Waals surface area contributed by atoms with Crippen molar-refractivity contribution in [3.63, 3.8) is 0 Å². The minimum Gasteiger partial charge on any atom is -0.395 e. The van der Waals surface area contributed by atoms with Crippen LogP contribution in [0.5, 0.6) is 0 Å². The van der Waals surface area contributed by atoms with Crippen LogP contribution in [0.25, 0.3) is 0 Å². The van der Waals surface area contributed by atoms with E-state index >= 15 is 0 Å². The summed E-state index contributed by atoms with van der Waals surface area (Å²) in [7, 11) is 0. The van der Waals surface area contributed by atoms with E-state index in [-0.39, 0.29) is 5.91 Å². The van der Waals surface area contributed by atoms with Crippen LogP contribution in [0, 0.1) is 0 Å². The molecule has 0 radical (unpaired) electrons. The molecule has 1 unspecified atom stereocenters. The molecule has 6 nitrogen and oxygen atoms in total. The van der Waals surface area contributed by atoms with Crippen molar-refractivity contribution < 1.29 is 4.79 Å². The number of carbonyl (C=O) groups excluding carboxylic acids is 1. The summed E-state index contributed by atoms with van der Waals surface area (Å²) in [5, 5.41) is 7.13. The van der Waals surface area contributed by atoms with Gasteiger partial charge in [-0.15, -0.1) is 0 Å². The van der Waals surface area contributed by atoms with Crippen LogP contribution in [-0.2, 0) is 0 Å². The number of H-pyrrole nitrogens is 1. The summed E-state index contributed by atoms with van der Waals surface area (Å²) in [5.74, 6) is 0.459. The number of nitrogens with one attached hydrogen (secondary N) is 1. The van der Waals surface area contributed by atoms with Crippen molar-refractivity contribution in [3.05, 3.63) is 11.4 Å². The lowest BCUT2D eigenvalue weighted by Gasteiger charge is -2.37. The van der Waals surface area contributed by atoms with Gasteiger partial charge in [0.05, 0.1) is 11.4 Å². The molecule has 2 heterocycles. The summed E-state index contributed by atoms with van der Waals surface area (Å²) in [6, 6.07) is 0.583. The Kier molecular flexibility index (Phi) is 3.89. The third kappa shape index (κ3) is 2.77. The summed E-state index contributed by atoms with van der Waals surface area (Å²) in [5.41, 5.74) is 8.03. The van der Waals surface area contributed by atoms with Crippen molar-refractivity contribution in [2.24, 2.45) is 0 Å². The molecule has 0 spiro atoms. The largest absolute Gasteiger partial charge is 0.395 e. The van der Waals surface area contributed by atoms with Gasteiger partial charge in [0.2, 0.25) is 0 Å². The van der Waals surface area contributed by atoms with E-state index in [9.17, 15) is 4.79 Å². The fourth-order valence-corrected chi connectivity index (χ4v) is 2.98. The second-order valence-electron chi connectivity index (χ2n) is 6.26. The lowest BCUT2D eigenvalue weighted by atomic mass is 10.1. The molecule has 1 atom stereocenters. The van der Waals surface area contributed by atoms with Gasteiger partial charge in [0, 0.05) is 38.1 Å². The highest BCUT2D eigenvalue weighted by atomic mass is 16.2. The Labute approximate surface area is 125 Å². The van der Waals surface area contributed by atoms with Gasteiger partial charge in [-0.2, -0.15) is 5.10 Å². The molecule has 1 saturated heterocycles.